The third kappa shape index (κ3) is 2.28. The summed E-state index contributed by atoms with van der Waals surface area (Å²) < 4.78 is 2.26. The summed E-state index contributed by atoms with van der Waals surface area (Å²) in [5.41, 5.74) is 3.88. The number of aryl methyl sites for hydroxylation is 2. The van der Waals surface area contributed by atoms with E-state index < -0.39 is 0 Å². The molecule has 0 saturated heterocycles. The number of nitrogens with zero attached hydrogens (tertiary/aromatic N) is 1. The molecule has 0 aliphatic heterocycles. The van der Waals surface area contributed by atoms with Crippen LogP contribution in [0.5, 0.6) is 0 Å². The zero-order valence-corrected chi connectivity index (χ0v) is 15.0. The molecule has 4 aromatic carbocycles. The molecule has 0 saturated carbocycles. The SMILES string of the molecule is Cc1ccc2ccccc2c1-c1cc2cc3ccccc3cc2c[n+]1C. The number of fused-ring (bicyclic) bond motifs is 3. The fourth-order valence-electron chi connectivity index (χ4n) is 4.01. The first-order valence-corrected chi connectivity index (χ1v) is 9.02. The topological polar surface area (TPSA) is 3.88 Å². The number of aromatic nitrogens is 1. The van der Waals surface area contributed by atoms with Crippen molar-refractivity contribution in [3.05, 3.63) is 90.6 Å². The molecule has 0 atom stereocenters. The van der Waals surface area contributed by atoms with Gasteiger partial charge in [-0.3, -0.25) is 0 Å². The Bertz CT molecular complexity index is 1300. The van der Waals surface area contributed by atoms with Gasteiger partial charge in [0, 0.05) is 11.5 Å². The molecule has 0 fully saturated rings. The van der Waals surface area contributed by atoms with Gasteiger partial charge in [-0.15, -0.1) is 0 Å². The van der Waals surface area contributed by atoms with Gasteiger partial charge in [0.05, 0.1) is 5.56 Å². The predicted octanol–water partition coefficient (Wildman–Crippen LogP) is 5.95. The molecule has 5 aromatic rings. The fourth-order valence-corrected chi connectivity index (χ4v) is 4.01. The number of hydrogen-bond acceptors (Lipinski definition) is 0. The van der Waals surface area contributed by atoms with Crippen molar-refractivity contribution >= 4 is 32.3 Å². The number of pyridine rings is 1. The van der Waals surface area contributed by atoms with E-state index in [9.17, 15) is 0 Å². The molecule has 0 spiro atoms. The minimum atomic E-state index is 1.25. The van der Waals surface area contributed by atoms with Gasteiger partial charge in [-0.1, -0.05) is 60.7 Å². The molecule has 0 N–H and O–H groups in total. The van der Waals surface area contributed by atoms with Gasteiger partial charge >= 0.3 is 0 Å². The molecule has 1 heteroatoms. The molecule has 0 aliphatic rings. The lowest BCUT2D eigenvalue weighted by atomic mass is 9.95. The van der Waals surface area contributed by atoms with Crippen LogP contribution >= 0.6 is 0 Å². The van der Waals surface area contributed by atoms with Gasteiger partial charge in [-0.2, -0.15) is 0 Å². The summed E-state index contributed by atoms with van der Waals surface area (Å²) in [6.45, 7) is 2.20. The molecule has 0 radical (unpaired) electrons. The van der Waals surface area contributed by atoms with Crippen LogP contribution in [0.2, 0.25) is 0 Å². The van der Waals surface area contributed by atoms with E-state index in [-0.39, 0.29) is 0 Å². The summed E-state index contributed by atoms with van der Waals surface area (Å²) in [5, 5.41) is 7.72. The van der Waals surface area contributed by atoms with Gasteiger partial charge in [-0.25, -0.2) is 4.57 Å². The van der Waals surface area contributed by atoms with E-state index in [1.165, 1.54) is 49.1 Å². The van der Waals surface area contributed by atoms with Crippen molar-refractivity contribution in [3.8, 4) is 11.3 Å². The van der Waals surface area contributed by atoms with Crippen molar-refractivity contribution in [1.29, 1.82) is 0 Å². The van der Waals surface area contributed by atoms with Crippen molar-refractivity contribution in [1.82, 2.24) is 0 Å². The van der Waals surface area contributed by atoms with Gasteiger partial charge in [0.25, 0.3) is 0 Å². The Kier molecular flexibility index (Phi) is 3.29. The summed E-state index contributed by atoms with van der Waals surface area (Å²) in [6, 6.07) is 28.6. The zero-order valence-electron chi connectivity index (χ0n) is 15.0. The second kappa shape index (κ2) is 5.67. The van der Waals surface area contributed by atoms with Gasteiger partial charge in [0.2, 0.25) is 5.69 Å². The van der Waals surface area contributed by atoms with Crippen LogP contribution in [0.3, 0.4) is 0 Å². The largest absolute Gasteiger partial charge is 0.213 e. The van der Waals surface area contributed by atoms with E-state index in [1.54, 1.807) is 0 Å². The van der Waals surface area contributed by atoms with E-state index in [0.29, 0.717) is 0 Å². The van der Waals surface area contributed by atoms with Crippen LogP contribution in [0.1, 0.15) is 5.56 Å². The Morgan fingerprint density at radius 2 is 1.27 bits per heavy atom. The van der Waals surface area contributed by atoms with Gasteiger partial charge in [-0.05, 0) is 51.6 Å². The average molecular weight is 334 g/mol. The van der Waals surface area contributed by atoms with E-state index in [4.69, 9.17) is 0 Å². The highest BCUT2D eigenvalue weighted by molar-refractivity contribution is 6.01. The number of hydrogen-bond donors (Lipinski definition) is 0. The zero-order chi connectivity index (χ0) is 17.7. The molecule has 5 rings (SSSR count). The summed E-state index contributed by atoms with van der Waals surface area (Å²) >= 11 is 0. The summed E-state index contributed by atoms with van der Waals surface area (Å²) in [5.74, 6) is 0. The lowest BCUT2D eigenvalue weighted by Gasteiger charge is -2.10. The Labute approximate surface area is 153 Å². The highest BCUT2D eigenvalue weighted by atomic mass is 14.9. The van der Waals surface area contributed by atoms with Gasteiger partial charge in [0.15, 0.2) is 6.20 Å². The second-order valence-electron chi connectivity index (χ2n) is 7.08. The maximum atomic E-state index is 2.33. The van der Waals surface area contributed by atoms with E-state index >= 15 is 0 Å². The maximum Gasteiger partial charge on any atom is 0.213 e. The third-order valence-corrected chi connectivity index (χ3v) is 5.35. The molecule has 26 heavy (non-hydrogen) atoms. The molecule has 124 valence electrons. The minimum absolute atomic E-state index is 1.25. The Balaban J connectivity index is 1.86. The number of benzene rings is 4. The molecule has 0 unspecified atom stereocenters. The third-order valence-electron chi connectivity index (χ3n) is 5.35. The predicted molar refractivity (Wildman–Crippen MR) is 110 cm³/mol. The van der Waals surface area contributed by atoms with Crippen molar-refractivity contribution in [2.45, 2.75) is 6.92 Å². The first-order chi connectivity index (χ1) is 12.7. The highest BCUT2D eigenvalue weighted by Gasteiger charge is 2.17. The standard InChI is InChI=1S/C25H20N/c1-17-11-12-18-7-5-6-10-23(18)25(17)24-15-21-13-19-8-3-4-9-20(19)14-22(21)16-26(24)2/h3-16H,1-2H3/q+1. The molecular weight excluding hydrogens is 314 g/mol. The highest BCUT2D eigenvalue weighted by Crippen LogP contribution is 2.32. The molecule has 0 bridgehead atoms. The van der Waals surface area contributed by atoms with Gasteiger partial charge in [0.1, 0.15) is 7.05 Å². The first kappa shape index (κ1) is 15.1. The Hall–Kier alpha value is -3.19. The Morgan fingerprint density at radius 3 is 2.04 bits per heavy atom. The lowest BCUT2D eigenvalue weighted by Crippen LogP contribution is -2.30. The molecule has 1 aromatic heterocycles. The summed E-state index contributed by atoms with van der Waals surface area (Å²) in [6.07, 6.45) is 2.25. The maximum absolute atomic E-state index is 2.33. The van der Waals surface area contributed by atoms with E-state index in [0.717, 1.165) is 0 Å². The average Bonchev–Trinajstić information content (AvgIpc) is 2.66. The van der Waals surface area contributed by atoms with Crippen molar-refractivity contribution in [2.24, 2.45) is 7.05 Å². The van der Waals surface area contributed by atoms with Crippen molar-refractivity contribution in [3.63, 3.8) is 0 Å². The molecular formula is C25H20N+. The Morgan fingerprint density at radius 1 is 0.615 bits per heavy atom. The van der Waals surface area contributed by atoms with Crippen LogP contribution in [0, 0.1) is 6.92 Å². The first-order valence-electron chi connectivity index (χ1n) is 9.02. The second-order valence-corrected chi connectivity index (χ2v) is 7.08. The fraction of sp³-hybridized carbons (Fsp3) is 0.0800. The van der Waals surface area contributed by atoms with Crippen LogP contribution in [-0.2, 0) is 7.05 Å². The van der Waals surface area contributed by atoms with E-state index in [2.05, 4.69) is 104 Å². The normalized spacial score (nSPS) is 11.5. The van der Waals surface area contributed by atoms with Crippen molar-refractivity contribution in [2.75, 3.05) is 0 Å². The smallest absolute Gasteiger partial charge is 0.200 e. The summed E-state index contributed by atoms with van der Waals surface area (Å²) in [4.78, 5) is 0. The molecule has 1 heterocycles. The van der Waals surface area contributed by atoms with E-state index in [1.807, 2.05) is 0 Å². The minimum Gasteiger partial charge on any atom is -0.200 e. The van der Waals surface area contributed by atoms with Crippen LogP contribution in [0.4, 0.5) is 0 Å². The van der Waals surface area contributed by atoms with Crippen LogP contribution < -0.4 is 4.57 Å². The molecule has 0 aliphatic carbocycles. The summed E-state index contributed by atoms with van der Waals surface area (Å²) in [7, 11) is 2.14. The molecule has 1 nitrogen and oxygen atoms in total. The van der Waals surface area contributed by atoms with Crippen LogP contribution in [0.15, 0.2) is 85.1 Å². The van der Waals surface area contributed by atoms with Crippen LogP contribution in [-0.4, -0.2) is 0 Å². The lowest BCUT2D eigenvalue weighted by molar-refractivity contribution is -0.659. The monoisotopic (exact) mass is 334 g/mol. The van der Waals surface area contributed by atoms with Gasteiger partial charge < -0.3 is 0 Å². The number of rotatable bonds is 1. The van der Waals surface area contributed by atoms with Crippen molar-refractivity contribution < 1.29 is 4.57 Å². The quantitative estimate of drug-likeness (QED) is 0.263. The molecule has 0 amide bonds. The van der Waals surface area contributed by atoms with Crippen LogP contribution in [0.25, 0.3) is 43.6 Å².